The molecule has 9 nitrogen and oxygen atoms in total. The van der Waals surface area contributed by atoms with Gasteiger partial charge in [-0.1, -0.05) is 30.3 Å². The minimum atomic E-state index is -4.55. The molecule has 10 heteroatoms. The molecule has 1 aliphatic rings. The fourth-order valence-electron chi connectivity index (χ4n) is 2.39. The summed E-state index contributed by atoms with van der Waals surface area (Å²) in [6.45, 7) is 0. The maximum Gasteiger partial charge on any atom is 0.365 e. The van der Waals surface area contributed by atoms with Gasteiger partial charge in [0, 0.05) is 5.69 Å². The van der Waals surface area contributed by atoms with Gasteiger partial charge >= 0.3 is 5.97 Å². The lowest BCUT2D eigenvalue weighted by Gasteiger charge is -2.08. The molecule has 2 aromatic carbocycles. The highest BCUT2D eigenvalue weighted by Crippen LogP contribution is 2.21. The lowest BCUT2D eigenvalue weighted by Crippen LogP contribution is -2.28. The Morgan fingerprint density at radius 1 is 1.14 bits per heavy atom. The first-order valence-corrected chi connectivity index (χ1v) is 9.54. The molecule has 0 aromatic heterocycles. The number of anilines is 1. The molecule has 0 fully saturated rings. The zero-order valence-corrected chi connectivity index (χ0v) is 15.2. The highest BCUT2D eigenvalue weighted by Gasteiger charge is 2.37. The lowest BCUT2D eigenvalue weighted by molar-refractivity contribution is -0.127. The molecule has 0 bridgehead atoms. The summed E-state index contributed by atoms with van der Waals surface area (Å²) in [5, 5.41) is 4.23. The Morgan fingerprint density at radius 3 is 2.39 bits per heavy atom. The first-order chi connectivity index (χ1) is 13.2. The van der Waals surface area contributed by atoms with E-state index in [0.717, 1.165) is 0 Å². The van der Waals surface area contributed by atoms with E-state index in [9.17, 15) is 18.0 Å². The van der Waals surface area contributed by atoms with Crippen molar-refractivity contribution in [3.63, 3.8) is 0 Å². The van der Waals surface area contributed by atoms with Crippen LogP contribution in [0.4, 0.5) is 5.69 Å². The van der Waals surface area contributed by atoms with E-state index in [1.54, 1.807) is 42.5 Å². The number of amides is 1. The van der Waals surface area contributed by atoms with Gasteiger partial charge in [-0.05, 0) is 35.9 Å². The number of ether oxygens (including phenoxy) is 1. The fourth-order valence-corrected chi connectivity index (χ4v) is 2.87. The van der Waals surface area contributed by atoms with Crippen molar-refractivity contribution in [3.05, 3.63) is 65.7 Å². The van der Waals surface area contributed by atoms with Gasteiger partial charge in [-0.3, -0.25) is 9.35 Å². The number of para-hydroxylation sites is 1. The van der Waals surface area contributed by atoms with E-state index in [2.05, 4.69) is 5.10 Å². The Morgan fingerprint density at radius 2 is 1.79 bits per heavy atom. The van der Waals surface area contributed by atoms with Crippen molar-refractivity contribution in [3.8, 4) is 5.75 Å². The van der Waals surface area contributed by atoms with Crippen LogP contribution in [0.5, 0.6) is 5.75 Å². The number of benzene rings is 2. The van der Waals surface area contributed by atoms with E-state index in [1.165, 1.54) is 18.2 Å². The van der Waals surface area contributed by atoms with E-state index in [0.29, 0.717) is 16.3 Å². The highest BCUT2D eigenvalue weighted by atomic mass is 32.2. The van der Waals surface area contributed by atoms with E-state index >= 15 is 0 Å². The third-order valence-corrected chi connectivity index (χ3v) is 4.19. The summed E-state index contributed by atoms with van der Waals surface area (Å²) in [5.74, 6) is -2.68. The van der Waals surface area contributed by atoms with Gasteiger partial charge in [0.25, 0.3) is 16.0 Å². The SMILES string of the molecule is Nc1ccc(C=C2C(=O)N(CS(=O)(=O)O)N=C2C(=O)Oc2ccccc2)cc1. The second-order valence-corrected chi connectivity index (χ2v) is 7.21. The third kappa shape index (κ3) is 4.61. The smallest absolute Gasteiger partial charge is 0.365 e. The van der Waals surface area contributed by atoms with E-state index in [1.807, 2.05) is 0 Å². The molecular formula is C18H15N3O6S. The van der Waals surface area contributed by atoms with Crippen LogP contribution in [0.15, 0.2) is 65.3 Å². The molecule has 1 aliphatic heterocycles. The van der Waals surface area contributed by atoms with Crippen LogP contribution in [0.3, 0.4) is 0 Å². The molecule has 28 heavy (non-hydrogen) atoms. The minimum Gasteiger partial charge on any atom is -0.422 e. The van der Waals surface area contributed by atoms with Crippen LogP contribution in [0.2, 0.25) is 0 Å². The summed E-state index contributed by atoms with van der Waals surface area (Å²) >= 11 is 0. The zero-order valence-electron chi connectivity index (χ0n) is 14.3. The van der Waals surface area contributed by atoms with Gasteiger partial charge in [0.15, 0.2) is 11.6 Å². The van der Waals surface area contributed by atoms with Crippen LogP contribution in [0.25, 0.3) is 6.08 Å². The Labute approximate surface area is 160 Å². The van der Waals surface area contributed by atoms with Crippen molar-refractivity contribution in [2.75, 3.05) is 11.6 Å². The number of nitrogen functional groups attached to an aromatic ring is 1. The van der Waals surface area contributed by atoms with Crippen LogP contribution in [0.1, 0.15) is 5.56 Å². The number of nitrogens with zero attached hydrogens (tertiary/aromatic N) is 2. The Balaban J connectivity index is 1.97. The lowest BCUT2D eigenvalue weighted by atomic mass is 10.1. The molecule has 2 aromatic rings. The molecule has 1 heterocycles. The molecule has 3 rings (SSSR count). The largest absolute Gasteiger partial charge is 0.422 e. The van der Waals surface area contributed by atoms with Gasteiger partial charge in [-0.15, -0.1) is 0 Å². The van der Waals surface area contributed by atoms with Gasteiger partial charge in [0.05, 0.1) is 5.57 Å². The molecule has 0 saturated heterocycles. The molecule has 0 aliphatic carbocycles. The van der Waals surface area contributed by atoms with Gasteiger partial charge in [0.1, 0.15) is 5.75 Å². The monoisotopic (exact) mass is 401 g/mol. The van der Waals surface area contributed by atoms with E-state index in [4.69, 9.17) is 15.0 Å². The molecule has 1 amide bonds. The van der Waals surface area contributed by atoms with Crippen LogP contribution < -0.4 is 10.5 Å². The van der Waals surface area contributed by atoms with E-state index < -0.39 is 27.9 Å². The summed E-state index contributed by atoms with van der Waals surface area (Å²) < 4.78 is 36.5. The Kier molecular flexibility index (Phi) is 5.25. The van der Waals surface area contributed by atoms with Crippen molar-refractivity contribution in [1.29, 1.82) is 0 Å². The number of carbonyl (C=O) groups excluding carboxylic acids is 2. The van der Waals surface area contributed by atoms with Crippen LogP contribution in [-0.2, 0) is 19.7 Å². The Hall–Kier alpha value is -3.50. The molecule has 0 unspecified atom stereocenters. The number of carbonyl (C=O) groups is 2. The molecular weight excluding hydrogens is 386 g/mol. The van der Waals surface area contributed by atoms with Crippen molar-refractivity contribution in [2.24, 2.45) is 5.10 Å². The van der Waals surface area contributed by atoms with Crippen LogP contribution in [-0.4, -0.2) is 41.4 Å². The summed E-state index contributed by atoms with van der Waals surface area (Å²) in [7, 11) is -4.55. The second kappa shape index (κ2) is 7.62. The van der Waals surface area contributed by atoms with E-state index in [-0.39, 0.29) is 17.0 Å². The zero-order chi connectivity index (χ0) is 20.3. The summed E-state index contributed by atoms with van der Waals surface area (Å²) in [5.41, 5.74) is 6.11. The highest BCUT2D eigenvalue weighted by molar-refractivity contribution is 7.85. The fraction of sp³-hybridized carbons (Fsp3) is 0.0556. The molecule has 144 valence electrons. The number of hydrazone groups is 1. The van der Waals surface area contributed by atoms with Crippen LogP contribution in [0, 0.1) is 0 Å². The maximum atomic E-state index is 12.6. The minimum absolute atomic E-state index is 0.172. The van der Waals surface area contributed by atoms with Crippen molar-refractivity contribution < 1.29 is 27.3 Å². The number of hydrogen-bond acceptors (Lipinski definition) is 7. The van der Waals surface area contributed by atoms with Crippen molar-refractivity contribution in [2.45, 2.75) is 0 Å². The van der Waals surface area contributed by atoms with Gasteiger partial charge in [-0.2, -0.15) is 13.5 Å². The van der Waals surface area contributed by atoms with Gasteiger partial charge in [0.2, 0.25) is 0 Å². The van der Waals surface area contributed by atoms with Crippen LogP contribution >= 0.6 is 0 Å². The summed E-state index contributed by atoms with van der Waals surface area (Å²) in [6, 6.07) is 14.5. The quantitative estimate of drug-likeness (QED) is 0.253. The van der Waals surface area contributed by atoms with Crippen molar-refractivity contribution >= 4 is 39.5 Å². The molecule has 3 N–H and O–H groups in total. The number of hydrogen-bond donors (Lipinski definition) is 2. The predicted octanol–water partition coefficient (Wildman–Crippen LogP) is 1.30. The van der Waals surface area contributed by atoms with Crippen molar-refractivity contribution in [1.82, 2.24) is 5.01 Å². The molecule has 0 radical (unpaired) electrons. The number of nitrogens with two attached hydrogens (primary N) is 1. The average molecular weight is 401 g/mol. The average Bonchev–Trinajstić information content (AvgIpc) is 2.92. The molecule has 0 spiro atoms. The Bertz CT molecular complexity index is 1080. The first kappa shape index (κ1) is 19.3. The summed E-state index contributed by atoms with van der Waals surface area (Å²) in [4.78, 5) is 25.1. The number of rotatable bonds is 5. The molecule has 0 atom stereocenters. The summed E-state index contributed by atoms with van der Waals surface area (Å²) in [6.07, 6.45) is 1.36. The standard InChI is InChI=1S/C18H15N3O6S/c19-13-8-6-12(7-9-13)10-15-16(18(23)27-14-4-2-1-3-5-14)20-21(17(15)22)11-28(24,25)26/h1-10H,11,19H2,(H,24,25,26). The topological polar surface area (TPSA) is 139 Å². The van der Waals surface area contributed by atoms with Gasteiger partial charge < -0.3 is 10.5 Å². The first-order valence-electron chi connectivity index (χ1n) is 7.93. The predicted molar refractivity (Wildman–Crippen MR) is 102 cm³/mol. The maximum absolute atomic E-state index is 12.6. The third-order valence-electron chi connectivity index (χ3n) is 3.62. The number of esters is 1. The normalized spacial score (nSPS) is 15.6. The second-order valence-electron chi connectivity index (χ2n) is 5.79. The van der Waals surface area contributed by atoms with Gasteiger partial charge in [-0.25, -0.2) is 9.80 Å². The molecule has 0 saturated carbocycles.